The zero-order valence-electron chi connectivity index (χ0n) is 18.5. The van der Waals surface area contributed by atoms with E-state index < -0.39 is 41.8 Å². The van der Waals surface area contributed by atoms with Crippen LogP contribution in [0.4, 0.5) is 0 Å². The number of imidazole rings is 1. The van der Waals surface area contributed by atoms with Crippen molar-refractivity contribution in [1.82, 2.24) is 25.9 Å². The number of carboxylic acid groups (broad SMARTS) is 1. The van der Waals surface area contributed by atoms with E-state index >= 15 is 0 Å². The maximum Gasteiger partial charge on any atom is 0.326 e. The number of aliphatic carboxylic acids is 1. The lowest BCUT2D eigenvalue weighted by molar-refractivity contribution is -0.143. The monoisotopic (exact) mass is 438 g/mol. The number of amides is 3. The van der Waals surface area contributed by atoms with Crippen LogP contribution in [0.1, 0.15) is 46.2 Å². The van der Waals surface area contributed by atoms with Gasteiger partial charge in [0.1, 0.15) is 12.1 Å². The summed E-state index contributed by atoms with van der Waals surface area (Å²) >= 11 is 0. The Bertz CT molecular complexity index is 736. The number of H-pyrrole nitrogens is 1. The second-order valence-corrected chi connectivity index (χ2v) is 8.06. The van der Waals surface area contributed by atoms with Crippen LogP contribution in [0, 0.1) is 11.8 Å². The van der Waals surface area contributed by atoms with Crippen molar-refractivity contribution >= 4 is 23.7 Å². The molecule has 0 aromatic carbocycles. The Morgan fingerprint density at radius 2 is 1.84 bits per heavy atom. The van der Waals surface area contributed by atoms with E-state index in [0.717, 1.165) is 0 Å². The van der Waals surface area contributed by atoms with Crippen LogP contribution >= 0.6 is 0 Å². The second-order valence-electron chi connectivity index (χ2n) is 8.06. The highest BCUT2D eigenvalue weighted by atomic mass is 16.4. The van der Waals surface area contributed by atoms with Crippen molar-refractivity contribution in [2.24, 2.45) is 17.6 Å². The average Bonchev–Trinajstić information content (AvgIpc) is 3.21. The zero-order valence-corrected chi connectivity index (χ0v) is 18.5. The molecule has 1 aromatic rings. The van der Waals surface area contributed by atoms with Crippen molar-refractivity contribution in [3.63, 3.8) is 0 Å². The molecule has 0 spiro atoms. The number of carboxylic acids is 1. The van der Waals surface area contributed by atoms with Gasteiger partial charge in [0.05, 0.1) is 18.9 Å². The average molecular weight is 439 g/mol. The van der Waals surface area contributed by atoms with Gasteiger partial charge in [0.25, 0.3) is 0 Å². The molecule has 0 aliphatic heterocycles. The van der Waals surface area contributed by atoms with E-state index in [4.69, 9.17) is 5.73 Å². The van der Waals surface area contributed by atoms with Gasteiger partial charge in [0.2, 0.25) is 17.7 Å². The predicted octanol–water partition coefficient (Wildman–Crippen LogP) is -0.458. The Morgan fingerprint density at radius 3 is 2.35 bits per heavy atom. The van der Waals surface area contributed by atoms with E-state index in [-0.39, 0.29) is 24.8 Å². The molecule has 0 fully saturated rings. The fourth-order valence-electron chi connectivity index (χ4n) is 2.92. The third-order valence-electron chi connectivity index (χ3n) is 4.89. The fraction of sp³-hybridized carbons (Fsp3) is 0.650. The first-order valence-electron chi connectivity index (χ1n) is 10.4. The third-order valence-corrected chi connectivity index (χ3v) is 4.89. The van der Waals surface area contributed by atoms with Gasteiger partial charge in [-0.25, -0.2) is 9.78 Å². The van der Waals surface area contributed by atoms with Crippen molar-refractivity contribution in [2.45, 2.75) is 65.1 Å². The number of carbonyl (C=O) groups excluding carboxylic acids is 3. The second kappa shape index (κ2) is 12.7. The normalized spacial score (nSPS) is 14.9. The molecule has 31 heavy (non-hydrogen) atoms. The molecule has 0 saturated carbocycles. The summed E-state index contributed by atoms with van der Waals surface area (Å²) in [6.07, 6.45) is 4.04. The van der Waals surface area contributed by atoms with Crippen molar-refractivity contribution < 1.29 is 24.3 Å². The number of nitrogens with two attached hydrogens (primary N) is 1. The van der Waals surface area contributed by atoms with Crippen molar-refractivity contribution in [2.75, 3.05) is 6.54 Å². The lowest BCUT2D eigenvalue weighted by Crippen LogP contribution is -2.55. The molecule has 11 heteroatoms. The standard InChI is InChI=1S/C20H34N6O5/c1-5-12(4)17(20(30)31)26-19(29)15(7-13-8-22-10-24-13)25-16(27)9-23-18(28)14(21)6-11(2)3/h8,10-12,14-15,17H,5-7,9,21H2,1-4H3,(H,22,24)(H,23,28)(H,25,27)(H,26,29)(H,30,31). The summed E-state index contributed by atoms with van der Waals surface area (Å²) in [5, 5.41) is 16.9. The largest absolute Gasteiger partial charge is 0.480 e. The van der Waals surface area contributed by atoms with E-state index in [2.05, 4.69) is 25.9 Å². The minimum absolute atomic E-state index is 0.0746. The number of hydrogen-bond acceptors (Lipinski definition) is 6. The van der Waals surface area contributed by atoms with Crippen molar-refractivity contribution in [1.29, 1.82) is 0 Å². The summed E-state index contributed by atoms with van der Waals surface area (Å²) in [5.74, 6) is -2.92. The van der Waals surface area contributed by atoms with Crippen molar-refractivity contribution in [3.8, 4) is 0 Å². The minimum Gasteiger partial charge on any atom is -0.480 e. The molecule has 11 nitrogen and oxygen atoms in total. The topological polar surface area (TPSA) is 179 Å². The van der Waals surface area contributed by atoms with Gasteiger partial charge in [0, 0.05) is 18.3 Å². The third kappa shape index (κ3) is 9.16. The molecule has 1 rings (SSSR count). The molecule has 4 atom stereocenters. The summed E-state index contributed by atoms with van der Waals surface area (Å²) in [5.41, 5.74) is 6.38. The Morgan fingerprint density at radius 1 is 1.16 bits per heavy atom. The van der Waals surface area contributed by atoms with E-state index in [9.17, 15) is 24.3 Å². The first-order valence-corrected chi connectivity index (χ1v) is 10.4. The first-order chi connectivity index (χ1) is 14.5. The van der Waals surface area contributed by atoms with Crippen LogP contribution < -0.4 is 21.7 Å². The maximum atomic E-state index is 12.8. The van der Waals surface area contributed by atoms with Crippen LogP contribution in [0.2, 0.25) is 0 Å². The van der Waals surface area contributed by atoms with Crippen LogP contribution in [0.25, 0.3) is 0 Å². The predicted molar refractivity (Wildman–Crippen MR) is 114 cm³/mol. The molecule has 4 unspecified atom stereocenters. The van der Waals surface area contributed by atoms with E-state index in [1.807, 2.05) is 20.8 Å². The van der Waals surface area contributed by atoms with Gasteiger partial charge in [-0.1, -0.05) is 34.1 Å². The zero-order chi connectivity index (χ0) is 23.6. The summed E-state index contributed by atoms with van der Waals surface area (Å²) in [6.45, 7) is 7.05. The summed E-state index contributed by atoms with van der Waals surface area (Å²) < 4.78 is 0. The Kier molecular flexibility index (Phi) is 10.7. The summed E-state index contributed by atoms with van der Waals surface area (Å²) in [6, 6.07) is -2.88. The van der Waals surface area contributed by atoms with Gasteiger partial charge >= 0.3 is 5.97 Å². The molecule has 0 radical (unpaired) electrons. The number of hydrogen-bond donors (Lipinski definition) is 6. The summed E-state index contributed by atoms with van der Waals surface area (Å²) in [4.78, 5) is 55.4. The van der Waals surface area contributed by atoms with Gasteiger partial charge in [-0.2, -0.15) is 0 Å². The number of aromatic nitrogens is 2. The fourth-order valence-corrected chi connectivity index (χ4v) is 2.92. The molecular formula is C20H34N6O5. The lowest BCUT2D eigenvalue weighted by atomic mass is 9.98. The quantitative estimate of drug-likeness (QED) is 0.241. The van der Waals surface area contributed by atoms with Crippen LogP contribution in [0.3, 0.4) is 0 Å². The van der Waals surface area contributed by atoms with Crippen LogP contribution in [-0.2, 0) is 25.6 Å². The molecule has 7 N–H and O–H groups in total. The number of nitrogens with one attached hydrogen (secondary N) is 4. The summed E-state index contributed by atoms with van der Waals surface area (Å²) in [7, 11) is 0. The highest BCUT2D eigenvalue weighted by Crippen LogP contribution is 2.09. The molecule has 0 aliphatic carbocycles. The lowest BCUT2D eigenvalue weighted by Gasteiger charge is -2.24. The molecule has 0 aliphatic rings. The molecular weight excluding hydrogens is 404 g/mol. The highest BCUT2D eigenvalue weighted by Gasteiger charge is 2.30. The van der Waals surface area contributed by atoms with Gasteiger partial charge in [-0.3, -0.25) is 14.4 Å². The van der Waals surface area contributed by atoms with E-state index in [1.165, 1.54) is 12.5 Å². The SMILES string of the molecule is CCC(C)C(NC(=O)C(Cc1cnc[nH]1)NC(=O)CNC(=O)C(N)CC(C)C)C(=O)O. The van der Waals surface area contributed by atoms with E-state index in [1.54, 1.807) is 6.92 Å². The van der Waals surface area contributed by atoms with Crippen LogP contribution in [0.5, 0.6) is 0 Å². The van der Waals surface area contributed by atoms with Gasteiger partial charge in [-0.15, -0.1) is 0 Å². The van der Waals surface area contributed by atoms with Gasteiger partial charge < -0.3 is 31.8 Å². The Hall–Kier alpha value is -2.95. The smallest absolute Gasteiger partial charge is 0.326 e. The first kappa shape index (κ1) is 26.1. The minimum atomic E-state index is -1.15. The highest BCUT2D eigenvalue weighted by molar-refractivity contribution is 5.92. The van der Waals surface area contributed by atoms with Crippen LogP contribution in [0.15, 0.2) is 12.5 Å². The number of rotatable bonds is 13. The molecule has 174 valence electrons. The maximum absolute atomic E-state index is 12.8. The van der Waals surface area contributed by atoms with Gasteiger partial charge in [0.15, 0.2) is 0 Å². The molecule has 1 aromatic heterocycles. The molecule has 0 bridgehead atoms. The Labute approximate surface area is 181 Å². The Balaban J connectivity index is 2.79. The number of carbonyl (C=O) groups is 4. The molecule has 3 amide bonds. The van der Waals surface area contributed by atoms with E-state index in [0.29, 0.717) is 18.5 Å². The van der Waals surface area contributed by atoms with Crippen molar-refractivity contribution in [3.05, 3.63) is 18.2 Å². The molecule has 0 saturated heterocycles. The number of nitrogens with zero attached hydrogens (tertiary/aromatic N) is 1. The molecule has 1 heterocycles. The van der Waals surface area contributed by atoms with Crippen LogP contribution in [-0.4, -0.2) is 63.4 Å². The number of aromatic amines is 1. The van der Waals surface area contributed by atoms with Gasteiger partial charge in [-0.05, 0) is 18.3 Å².